The quantitative estimate of drug-likeness (QED) is 0.872. The maximum absolute atomic E-state index is 9.70. The summed E-state index contributed by atoms with van der Waals surface area (Å²) in [5.74, 6) is 1.46. The number of hydrogen-bond donors (Lipinski definition) is 1. The maximum atomic E-state index is 9.70. The third-order valence-corrected chi connectivity index (χ3v) is 5.05. The number of piperidine rings is 1. The average Bonchev–Trinajstić information content (AvgIpc) is 2.33. The van der Waals surface area contributed by atoms with Crippen LogP contribution in [0.4, 0.5) is 5.69 Å². The first-order valence-electron chi connectivity index (χ1n) is 7.14. The summed E-state index contributed by atoms with van der Waals surface area (Å²) in [6.45, 7) is 9.90. The molecule has 0 saturated carbocycles. The molecule has 1 aromatic rings. The van der Waals surface area contributed by atoms with Gasteiger partial charge in [-0.2, -0.15) is 0 Å². The summed E-state index contributed by atoms with van der Waals surface area (Å²) in [6, 6.07) is 6.87. The van der Waals surface area contributed by atoms with Gasteiger partial charge in [0.2, 0.25) is 0 Å². The topological polar surface area (TPSA) is 23.5 Å². The molecule has 0 radical (unpaired) electrons. The first-order valence-corrected chi connectivity index (χ1v) is 7.93. The zero-order valence-electron chi connectivity index (χ0n) is 12.2. The lowest BCUT2D eigenvalue weighted by Gasteiger charge is -2.42. The van der Waals surface area contributed by atoms with Gasteiger partial charge in [0, 0.05) is 22.7 Å². The van der Waals surface area contributed by atoms with E-state index in [1.54, 1.807) is 6.92 Å². The molecule has 1 aliphatic heterocycles. The van der Waals surface area contributed by atoms with Crippen molar-refractivity contribution in [3.63, 3.8) is 0 Å². The summed E-state index contributed by atoms with van der Waals surface area (Å²) in [5.41, 5.74) is 2.21. The Kier molecular flexibility index (Phi) is 4.57. The van der Waals surface area contributed by atoms with E-state index in [0.29, 0.717) is 6.04 Å². The molecule has 1 saturated heterocycles. The smallest absolute Gasteiger partial charge is 0.0772 e. The number of aliphatic hydroxyl groups is 1. The highest BCUT2D eigenvalue weighted by molar-refractivity contribution is 9.10. The Labute approximate surface area is 124 Å². The molecular formula is C16H24BrNO. The summed E-state index contributed by atoms with van der Waals surface area (Å²) < 4.78 is 0.998. The van der Waals surface area contributed by atoms with Crippen LogP contribution in [0, 0.1) is 11.8 Å². The number of halogens is 1. The average molecular weight is 326 g/mol. The van der Waals surface area contributed by atoms with E-state index < -0.39 is 6.10 Å². The fourth-order valence-corrected chi connectivity index (χ4v) is 3.79. The summed E-state index contributed by atoms with van der Waals surface area (Å²) in [5, 5.41) is 9.70. The summed E-state index contributed by atoms with van der Waals surface area (Å²) in [6.07, 6.45) is 0.880. The molecule has 4 atom stereocenters. The van der Waals surface area contributed by atoms with Crippen LogP contribution in [0.2, 0.25) is 0 Å². The van der Waals surface area contributed by atoms with E-state index in [1.807, 2.05) is 6.07 Å². The molecule has 1 N–H and O–H groups in total. The number of rotatable bonds is 2. The van der Waals surface area contributed by atoms with Gasteiger partial charge in [-0.15, -0.1) is 0 Å². The normalized spacial score (nSPS) is 29.4. The fraction of sp³-hybridized carbons (Fsp3) is 0.625. The lowest BCUT2D eigenvalue weighted by Crippen LogP contribution is -2.45. The maximum Gasteiger partial charge on any atom is 0.0772 e. The van der Waals surface area contributed by atoms with E-state index in [-0.39, 0.29) is 0 Å². The molecule has 0 spiro atoms. The minimum absolute atomic E-state index is 0.431. The Morgan fingerprint density at radius 2 is 2.00 bits per heavy atom. The van der Waals surface area contributed by atoms with Gasteiger partial charge in [0.05, 0.1) is 6.10 Å². The van der Waals surface area contributed by atoms with Crippen molar-refractivity contribution in [2.24, 2.45) is 11.8 Å². The first-order chi connectivity index (χ1) is 8.90. The predicted octanol–water partition coefficient (Wildman–Crippen LogP) is 4.37. The van der Waals surface area contributed by atoms with Gasteiger partial charge in [-0.05, 0) is 49.8 Å². The standard InChI is InChI=1S/C16H24BrNO/c1-10-7-11(2)12(3)18(9-10)14-5-6-15(13(4)19)16(17)8-14/h5-6,8,10-13,19H,7,9H2,1-4H3. The highest BCUT2D eigenvalue weighted by atomic mass is 79.9. The van der Waals surface area contributed by atoms with Crippen molar-refractivity contribution in [3.05, 3.63) is 28.2 Å². The van der Waals surface area contributed by atoms with Gasteiger partial charge < -0.3 is 10.0 Å². The summed E-state index contributed by atoms with van der Waals surface area (Å²) in [7, 11) is 0. The monoisotopic (exact) mass is 325 g/mol. The Balaban J connectivity index is 2.28. The van der Waals surface area contributed by atoms with Gasteiger partial charge in [-0.1, -0.05) is 35.8 Å². The number of hydrogen-bond acceptors (Lipinski definition) is 2. The van der Waals surface area contributed by atoms with Crippen LogP contribution >= 0.6 is 15.9 Å². The Morgan fingerprint density at radius 3 is 2.58 bits per heavy atom. The Bertz CT molecular complexity index is 446. The molecule has 0 aromatic heterocycles. The molecule has 0 amide bonds. The number of anilines is 1. The van der Waals surface area contributed by atoms with Crippen molar-refractivity contribution >= 4 is 21.6 Å². The third-order valence-electron chi connectivity index (χ3n) is 4.36. The van der Waals surface area contributed by atoms with E-state index in [4.69, 9.17) is 0 Å². The molecule has 19 heavy (non-hydrogen) atoms. The zero-order chi connectivity index (χ0) is 14.2. The van der Waals surface area contributed by atoms with Gasteiger partial charge in [-0.25, -0.2) is 0 Å². The molecule has 2 nitrogen and oxygen atoms in total. The summed E-state index contributed by atoms with van der Waals surface area (Å²) >= 11 is 3.58. The second kappa shape index (κ2) is 5.84. The second-order valence-electron chi connectivity index (χ2n) is 6.09. The van der Waals surface area contributed by atoms with E-state index in [2.05, 4.69) is 53.7 Å². The van der Waals surface area contributed by atoms with Crippen LogP contribution in [0.3, 0.4) is 0 Å². The van der Waals surface area contributed by atoms with Crippen molar-refractivity contribution < 1.29 is 5.11 Å². The van der Waals surface area contributed by atoms with Crippen LogP contribution in [0.1, 0.15) is 45.8 Å². The predicted molar refractivity (Wildman–Crippen MR) is 84.5 cm³/mol. The van der Waals surface area contributed by atoms with Gasteiger partial charge >= 0.3 is 0 Å². The van der Waals surface area contributed by atoms with Crippen LogP contribution < -0.4 is 4.90 Å². The van der Waals surface area contributed by atoms with Crippen LogP contribution in [0.25, 0.3) is 0 Å². The number of aliphatic hydroxyl groups excluding tert-OH is 1. The molecule has 2 rings (SSSR count). The molecule has 1 aliphatic rings. The van der Waals surface area contributed by atoms with E-state index in [9.17, 15) is 5.11 Å². The minimum atomic E-state index is -0.431. The molecule has 0 aliphatic carbocycles. The summed E-state index contributed by atoms with van der Waals surface area (Å²) in [4.78, 5) is 2.50. The molecular weight excluding hydrogens is 302 g/mol. The van der Waals surface area contributed by atoms with Crippen molar-refractivity contribution in [2.45, 2.75) is 46.3 Å². The van der Waals surface area contributed by atoms with Crippen LogP contribution in [0.15, 0.2) is 22.7 Å². The van der Waals surface area contributed by atoms with E-state index in [1.165, 1.54) is 12.1 Å². The number of benzene rings is 1. The molecule has 106 valence electrons. The lowest BCUT2D eigenvalue weighted by molar-refractivity contribution is 0.198. The minimum Gasteiger partial charge on any atom is -0.389 e. The molecule has 1 heterocycles. The molecule has 0 bridgehead atoms. The van der Waals surface area contributed by atoms with E-state index in [0.717, 1.165) is 28.4 Å². The van der Waals surface area contributed by atoms with Crippen LogP contribution in [-0.4, -0.2) is 17.7 Å². The number of nitrogens with zero attached hydrogens (tertiary/aromatic N) is 1. The van der Waals surface area contributed by atoms with Crippen LogP contribution in [-0.2, 0) is 0 Å². The second-order valence-corrected chi connectivity index (χ2v) is 6.95. The largest absolute Gasteiger partial charge is 0.389 e. The lowest BCUT2D eigenvalue weighted by atomic mass is 9.85. The van der Waals surface area contributed by atoms with Gasteiger partial charge in [0.25, 0.3) is 0 Å². The van der Waals surface area contributed by atoms with Crippen LogP contribution in [0.5, 0.6) is 0 Å². The third kappa shape index (κ3) is 3.14. The fourth-order valence-electron chi connectivity index (χ4n) is 3.09. The van der Waals surface area contributed by atoms with Gasteiger partial charge in [0.1, 0.15) is 0 Å². The first kappa shape index (κ1) is 14.9. The Morgan fingerprint density at radius 1 is 1.32 bits per heavy atom. The molecule has 1 aromatic carbocycles. The van der Waals surface area contributed by atoms with E-state index >= 15 is 0 Å². The van der Waals surface area contributed by atoms with Gasteiger partial charge in [-0.3, -0.25) is 0 Å². The van der Waals surface area contributed by atoms with Crippen molar-refractivity contribution in [1.82, 2.24) is 0 Å². The Hall–Kier alpha value is -0.540. The highest BCUT2D eigenvalue weighted by Gasteiger charge is 2.29. The zero-order valence-corrected chi connectivity index (χ0v) is 13.8. The van der Waals surface area contributed by atoms with Crippen molar-refractivity contribution in [1.29, 1.82) is 0 Å². The van der Waals surface area contributed by atoms with Crippen molar-refractivity contribution in [2.75, 3.05) is 11.4 Å². The molecule has 1 fully saturated rings. The van der Waals surface area contributed by atoms with Gasteiger partial charge in [0.15, 0.2) is 0 Å². The SMILES string of the molecule is CC1CC(C)C(C)N(c2ccc(C(C)O)c(Br)c2)C1. The molecule has 3 heteroatoms. The molecule has 4 unspecified atom stereocenters. The van der Waals surface area contributed by atoms with Crippen molar-refractivity contribution in [3.8, 4) is 0 Å². The highest BCUT2D eigenvalue weighted by Crippen LogP contribution is 2.34.